The summed E-state index contributed by atoms with van der Waals surface area (Å²) in [4.78, 5) is 0. The predicted molar refractivity (Wildman–Crippen MR) is 79.4 cm³/mol. The lowest BCUT2D eigenvalue weighted by molar-refractivity contribution is 0.599. The molecule has 1 heterocycles. The summed E-state index contributed by atoms with van der Waals surface area (Å²) in [5, 5.41) is 10.6. The standard InChI is InChI=1S/C13H15FN4O2S/c1-2-9-21(19,20)18-13-8-7-12(16-17-13)15-11-5-3-10(14)4-6-11/h3-8H,2,9H2,1H3,(H,15,16)(H,17,18). The van der Waals surface area contributed by atoms with Crippen LogP contribution in [0.25, 0.3) is 0 Å². The lowest BCUT2D eigenvalue weighted by Crippen LogP contribution is -2.17. The number of hydrogen-bond donors (Lipinski definition) is 2. The van der Waals surface area contributed by atoms with Gasteiger partial charge < -0.3 is 5.32 Å². The van der Waals surface area contributed by atoms with Crippen molar-refractivity contribution in [1.82, 2.24) is 10.2 Å². The smallest absolute Gasteiger partial charge is 0.233 e. The zero-order chi connectivity index (χ0) is 15.3. The Kier molecular flexibility index (Phi) is 4.69. The Labute approximate surface area is 122 Å². The molecule has 1 aromatic carbocycles. The highest BCUT2D eigenvalue weighted by molar-refractivity contribution is 7.92. The van der Waals surface area contributed by atoms with Gasteiger partial charge in [-0.1, -0.05) is 6.92 Å². The second-order valence-electron chi connectivity index (χ2n) is 4.36. The van der Waals surface area contributed by atoms with Gasteiger partial charge in [0.05, 0.1) is 5.75 Å². The summed E-state index contributed by atoms with van der Waals surface area (Å²) in [7, 11) is -3.38. The molecule has 2 rings (SSSR count). The molecule has 0 radical (unpaired) electrons. The first-order chi connectivity index (χ1) is 9.98. The molecule has 0 amide bonds. The van der Waals surface area contributed by atoms with Gasteiger partial charge in [-0.3, -0.25) is 4.72 Å². The molecule has 6 nitrogen and oxygen atoms in total. The molecular formula is C13H15FN4O2S. The van der Waals surface area contributed by atoms with Crippen LogP contribution in [0.5, 0.6) is 0 Å². The lowest BCUT2D eigenvalue weighted by Gasteiger charge is -2.07. The van der Waals surface area contributed by atoms with Crippen LogP contribution in [0.2, 0.25) is 0 Å². The minimum Gasteiger partial charge on any atom is -0.339 e. The first kappa shape index (κ1) is 15.2. The Morgan fingerprint density at radius 2 is 1.67 bits per heavy atom. The first-order valence-corrected chi connectivity index (χ1v) is 8.00. The number of nitrogens with one attached hydrogen (secondary N) is 2. The highest BCUT2D eigenvalue weighted by Gasteiger charge is 2.09. The van der Waals surface area contributed by atoms with Crippen LogP contribution in [0.15, 0.2) is 36.4 Å². The summed E-state index contributed by atoms with van der Waals surface area (Å²) in [5.74, 6) is 0.296. The summed E-state index contributed by atoms with van der Waals surface area (Å²) < 4.78 is 38.3. The summed E-state index contributed by atoms with van der Waals surface area (Å²) in [6, 6.07) is 8.86. The molecule has 0 aliphatic carbocycles. The Hall–Kier alpha value is -2.22. The molecule has 1 aromatic heterocycles. The van der Waals surface area contributed by atoms with Gasteiger partial charge in [-0.15, -0.1) is 10.2 Å². The van der Waals surface area contributed by atoms with E-state index in [2.05, 4.69) is 20.2 Å². The average Bonchev–Trinajstić information content (AvgIpc) is 2.43. The Balaban J connectivity index is 2.03. The molecule has 0 bridgehead atoms. The van der Waals surface area contributed by atoms with Crippen molar-refractivity contribution in [2.24, 2.45) is 0 Å². The molecule has 0 aliphatic heterocycles. The number of nitrogens with zero attached hydrogens (tertiary/aromatic N) is 2. The van der Waals surface area contributed by atoms with Gasteiger partial charge in [-0.2, -0.15) is 0 Å². The number of anilines is 3. The quantitative estimate of drug-likeness (QED) is 0.856. The van der Waals surface area contributed by atoms with Crippen LogP contribution in [0.3, 0.4) is 0 Å². The van der Waals surface area contributed by atoms with Gasteiger partial charge in [-0.25, -0.2) is 12.8 Å². The molecule has 0 saturated carbocycles. The van der Waals surface area contributed by atoms with Gasteiger partial charge in [-0.05, 0) is 42.8 Å². The maximum absolute atomic E-state index is 12.8. The molecule has 0 aliphatic rings. The number of sulfonamides is 1. The van der Waals surface area contributed by atoms with Crippen molar-refractivity contribution in [2.45, 2.75) is 13.3 Å². The topological polar surface area (TPSA) is 84.0 Å². The van der Waals surface area contributed by atoms with Crippen LogP contribution in [0, 0.1) is 5.82 Å². The van der Waals surface area contributed by atoms with E-state index in [9.17, 15) is 12.8 Å². The van der Waals surface area contributed by atoms with Gasteiger partial charge in [0, 0.05) is 5.69 Å². The normalized spacial score (nSPS) is 11.1. The minimum atomic E-state index is -3.38. The molecule has 0 atom stereocenters. The third kappa shape index (κ3) is 4.67. The van der Waals surface area contributed by atoms with Crippen molar-refractivity contribution >= 4 is 27.3 Å². The third-order valence-corrected chi connectivity index (χ3v) is 3.98. The molecule has 8 heteroatoms. The fraction of sp³-hybridized carbons (Fsp3) is 0.231. The zero-order valence-corrected chi connectivity index (χ0v) is 12.2. The van der Waals surface area contributed by atoms with Crippen molar-refractivity contribution in [3.63, 3.8) is 0 Å². The van der Waals surface area contributed by atoms with E-state index >= 15 is 0 Å². The highest BCUT2D eigenvalue weighted by atomic mass is 32.2. The first-order valence-electron chi connectivity index (χ1n) is 6.35. The molecule has 2 N–H and O–H groups in total. The van der Waals surface area contributed by atoms with Crippen molar-refractivity contribution in [3.05, 3.63) is 42.2 Å². The fourth-order valence-electron chi connectivity index (χ4n) is 1.61. The molecule has 2 aromatic rings. The molecule has 0 fully saturated rings. The van der Waals surface area contributed by atoms with Gasteiger partial charge in [0.25, 0.3) is 0 Å². The lowest BCUT2D eigenvalue weighted by atomic mass is 10.3. The van der Waals surface area contributed by atoms with Crippen LogP contribution in [0.1, 0.15) is 13.3 Å². The SMILES string of the molecule is CCCS(=O)(=O)Nc1ccc(Nc2ccc(F)cc2)nn1. The predicted octanol–water partition coefficient (Wildman–Crippen LogP) is 2.51. The second kappa shape index (κ2) is 6.49. The summed E-state index contributed by atoms with van der Waals surface area (Å²) in [6.45, 7) is 1.78. The molecule has 0 spiro atoms. The highest BCUT2D eigenvalue weighted by Crippen LogP contribution is 2.15. The van der Waals surface area contributed by atoms with Crippen LogP contribution in [-0.2, 0) is 10.0 Å². The van der Waals surface area contributed by atoms with Crippen molar-refractivity contribution in [3.8, 4) is 0 Å². The second-order valence-corrected chi connectivity index (χ2v) is 6.20. The van der Waals surface area contributed by atoms with E-state index in [-0.39, 0.29) is 17.4 Å². The van der Waals surface area contributed by atoms with Crippen LogP contribution >= 0.6 is 0 Å². The van der Waals surface area contributed by atoms with E-state index in [0.717, 1.165) is 0 Å². The summed E-state index contributed by atoms with van der Waals surface area (Å²) >= 11 is 0. The summed E-state index contributed by atoms with van der Waals surface area (Å²) in [6.07, 6.45) is 0.521. The Morgan fingerprint density at radius 1 is 1.05 bits per heavy atom. The number of hydrogen-bond acceptors (Lipinski definition) is 5. The van der Waals surface area contributed by atoms with Crippen molar-refractivity contribution in [1.29, 1.82) is 0 Å². The molecular weight excluding hydrogens is 295 g/mol. The van der Waals surface area contributed by atoms with E-state index < -0.39 is 10.0 Å². The minimum absolute atomic E-state index is 0.0320. The van der Waals surface area contributed by atoms with Crippen molar-refractivity contribution < 1.29 is 12.8 Å². The average molecular weight is 310 g/mol. The van der Waals surface area contributed by atoms with Crippen LogP contribution < -0.4 is 10.0 Å². The van der Waals surface area contributed by atoms with Gasteiger partial charge in [0.15, 0.2) is 11.6 Å². The van der Waals surface area contributed by atoms with Crippen molar-refractivity contribution in [2.75, 3.05) is 15.8 Å². The van der Waals surface area contributed by atoms with E-state index in [1.54, 1.807) is 25.1 Å². The van der Waals surface area contributed by atoms with Gasteiger partial charge in [0.1, 0.15) is 5.82 Å². The Morgan fingerprint density at radius 3 is 2.24 bits per heavy atom. The van der Waals surface area contributed by atoms with E-state index in [0.29, 0.717) is 17.9 Å². The van der Waals surface area contributed by atoms with Gasteiger partial charge >= 0.3 is 0 Å². The van der Waals surface area contributed by atoms with Crippen LogP contribution in [-0.4, -0.2) is 24.4 Å². The molecule has 0 saturated heterocycles. The molecule has 0 unspecified atom stereocenters. The monoisotopic (exact) mass is 310 g/mol. The number of benzene rings is 1. The molecule has 21 heavy (non-hydrogen) atoms. The largest absolute Gasteiger partial charge is 0.339 e. The molecule has 112 valence electrons. The maximum Gasteiger partial charge on any atom is 0.233 e. The zero-order valence-electron chi connectivity index (χ0n) is 11.4. The van der Waals surface area contributed by atoms with Gasteiger partial charge in [0.2, 0.25) is 10.0 Å². The maximum atomic E-state index is 12.8. The van der Waals surface area contributed by atoms with E-state index in [1.165, 1.54) is 18.2 Å². The third-order valence-electron chi connectivity index (χ3n) is 2.51. The van der Waals surface area contributed by atoms with E-state index in [4.69, 9.17) is 0 Å². The number of aromatic nitrogens is 2. The van der Waals surface area contributed by atoms with E-state index in [1.807, 2.05) is 0 Å². The fourth-order valence-corrected chi connectivity index (χ4v) is 2.68. The Bertz CT molecular complexity index is 687. The number of rotatable bonds is 6. The summed E-state index contributed by atoms with van der Waals surface area (Å²) in [5.41, 5.74) is 0.657. The number of halogens is 1. The van der Waals surface area contributed by atoms with Crippen LogP contribution in [0.4, 0.5) is 21.7 Å².